The number of aromatic nitrogens is 3. The van der Waals surface area contributed by atoms with Crippen LogP contribution in [0.2, 0.25) is 10.0 Å². The summed E-state index contributed by atoms with van der Waals surface area (Å²) in [5, 5.41) is 9.54. The summed E-state index contributed by atoms with van der Waals surface area (Å²) >= 11 is 13.8. The fraction of sp³-hybridized carbons (Fsp3) is 0.303. The van der Waals surface area contributed by atoms with E-state index in [9.17, 15) is 9.18 Å². The minimum Gasteiger partial charge on any atom is -0.488 e. The van der Waals surface area contributed by atoms with E-state index in [1.54, 1.807) is 35.0 Å². The number of esters is 1. The van der Waals surface area contributed by atoms with Crippen molar-refractivity contribution in [3.05, 3.63) is 111 Å². The molecule has 0 amide bonds. The van der Waals surface area contributed by atoms with Gasteiger partial charge in [0, 0.05) is 32.6 Å². The lowest BCUT2D eigenvalue weighted by molar-refractivity contribution is -0.146. The molecule has 0 bridgehead atoms. The van der Waals surface area contributed by atoms with E-state index >= 15 is 0 Å². The maximum absolute atomic E-state index is 14.3. The Kier molecular flexibility index (Phi) is 9.44. The minimum atomic E-state index is -0.686. The van der Waals surface area contributed by atoms with Gasteiger partial charge in [0.25, 0.3) is 0 Å². The van der Waals surface area contributed by atoms with Crippen molar-refractivity contribution >= 4 is 46.9 Å². The highest BCUT2D eigenvalue weighted by Crippen LogP contribution is 2.41. The first kappa shape index (κ1) is 30.5. The number of carbonyl (C=O) groups is 1. The molecule has 6 rings (SSSR count). The first-order valence-corrected chi connectivity index (χ1v) is 16.3. The van der Waals surface area contributed by atoms with Crippen molar-refractivity contribution in [1.29, 1.82) is 0 Å². The second kappa shape index (κ2) is 13.6. The molecule has 1 fully saturated rings. The van der Waals surface area contributed by atoms with Crippen LogP contribution in [0, 0.1) is 5.82 Å². The van der Waals surface area contributed by atoms with Crippen LogP contribution in [0.4, 0.5) is 10.3 Å². The fourth-order valence-electron chi connectivity index (χ4n) is 5.53. The molecule has 1 aliphatic heterocycles. The molecule has 1 aromatic heterocycles. The van der Waals surface area contributed by atoms with Gasteiger partial charge in [0.1, 0.15) is 30.3 Å². The number of benzene rings is 3. The Morgan fingerprint density at radius 3 is 2.61 bits per heavy atom. The summed E-state index contributed by atoms with van der Waals surface area (Å²) in [6, 6.07) is 18.7. The summed E-state index contributed by atoms with van der Waals surface area (Å²) in [6.07, 6.45) is 4.80. The third kappa shape index (κ3) is 6.75. The van der Waals surface area contributed by atoms with Crippen LogP contribution in [0.3, 0.4) is 0 Å². The van der Waals surface area contributed by atoms with Gasteiger partial charge in [-0.2, -0.15) is 4.98 Å². The molecule has 11 heteroatoms. The number of ether oxygens (including phenoxy) is 2. The second-order valence-corrected chi connectivity index (χ2v) is 12.6. The van der Waals surface area contributed by atoms with Crippen molar-refractivity contribution in [3.63, 3.8) is 0 Å². The van der Waals surface area contributed by atoms with Gasteiger partial charge >= 0.3 is 5.97 Å². The number of thioether (sulfide) groups is 1. The zero-order valence-corrected chi connectivity index (χ0v) is 26.4. The Hall–Kier alpha value is -3.53. The molecule has 2 heterocycles. The van der Waals surface area contributed by atoms with Crippen molar-refractivity contribution in [2.24, 2.45) is 0 Å². The molecule has 4 aromatic rings. The topological polar surface area (TPSA) is 78.3 Å². The Balaban J connectivity index is 1.35. The molecule has 1 atom stereocenters. The number of allylic oxidation sites excluding steroid dienone is 1. The zero-order valence-electron chi connectivity index (χ0n) is 24.1. The zero-order chi connectivity index (χ0) is 30.6. The molecule has 2 aliphatic rings. The van der Waals surface area contributed by atoms with Gasteiger partial charge in [-0.05, 0) is 62.4 Å². The molecule has 0 radical (unpaired) electrons. The van der Waals surface area contributed by atoms with Crippen molar-refractivity contribution in [1.82, 2.24) is 14.8 Å². The number of halogens is 3. The number of fused-ring (bicyclic) bond motifs is 1. The van der Waals surface area contributed by atoms with Crippen LogP contribution in [0.15, 0.2) is 83.2 Å². The van der Waals surface area contributed by atoms with Gasteiger partial charge in [-0.3, -0.25) is 0 Å². The van der Waals surface area contributed by atoms with E-state index in [0.29, 0.717) is 55.0 Å². The molecule has 1 saturated carbocycles. The number of carbonyl (C=O) groups excluding carboxylic acids is 1. The lowest BCUT2D eigenvalue weighted by atomic mass is 9.94. The lowest BCUT2D eigenvalue weighted by Gasteiger charge is -2.30. The number of hydrogen-bond donors (Lipinski definition) is 1. The quantitative estimate of drug-likeness (QED) is 0.143. The fourth-order valence-corrected chi connectivity index (χ4v) is 6.81. The van der Waals surface area contributed by atoms with E-state index in [1.807, 2.05) is 37.3 Å². The number of nitrogens with one attached hydrogen (secondary N) is 1. The number of hydrogen-bond acceptors (Lipinski definition) is 7. The van der Waals surface area contributed by atoms with Crippen LogP contribution < -0.4 is 10.1 Å². The van der Waals surface area contributed by atoms with Crippen LogP contribution in [-0.2, 0) is 21.9 Å². The highest BCUT2D eigenvalue weighted by Gasteiger charge is 2.38. The first-order chi connectivity index (χ1) is 21.4. The normalized spacial score (nSPS) is 16.8. The summed E-state index contributed by atoms with van der Waals surface area (Å²) in [7, 11) is 0. The number of anilines is 1. The highest BCUT2D eigenvalue weighted by molar-refractivity contribution is 7.98. The summed E-state index contributed by atoms with van der Waals surface area (Å²) < 4.78 is 28.4. The standard InChI is InChI=1S/C33H31Cl2FN4O3S/c1-20-29(31(41)43-24-10-3-2-4-11-24)30(25-12-6-8-14-28(25)42-18-21-15-16-23(34)17-26(21)35)40-32(37-20)38-33(39-40)44-19-22-9-5-7-13-27(22)36/h5-9,12-17,24,30H,2-4,10-11,18-19H2,1H3,(H,37,38,39). The van der Waals surface area contributed by atoms with Crippen molar-refractivity contribution < 1.29 is 18.7 Å². The average Bonchev–Trinajstić information content (AvgIpc) is 3.42. The molecule has 0 spiro atoms. The first-order valence-electron chi connectivity index (χ1n) is 14.5. The third-order valence-electron chi connectivity index (χ3n) is 7.81. The van der Waals surface area contributed by atoms with E-state index in [2.05, 4.69) is 5.32 Å². The van der Waals surface area contributed by atoms with Crippen LogP contribution in [0.25, 0.3) is 0 Å². The number of nitrogens with zero attached hydrogens (tertiary/aromatic N) is 3. The third-order valence-corrected chi connectivity index (χ3v) is 9.28. The van der Waals surface area contributed by atoms with Crippen molar-refractivity contribution in [2.75, 3.05) is 5.32 Å². The van der Waals surface area contributed by atoms with Gasteiger partial charge in [-0.15, -0.1) is 5.10 Å². The molecule has 44 heavy (non-hydrogen) atoms. The van der Waals surface area contributed by atoms with Gasteiger partial charge in [-0.25, -0.2) is 13.9 Å². The number of rotatable bonds is 9. The molecular formula is C33H31Cl2FN4O3S. The van der Waals surface area contributed by atoms with E-state index in [4.69, 9.17) is 42.8 Å². The van der Waals surface area contributed by atoms with Gasteiger partial charge in [-0.1, -0.05) is 83.8 Å². The van der Waals surface area contributed by atoms with E-state index in [1.165, 1.54) is 17.8 Å². The van der Waals surface area contributed by atoms with E-state index in [-0.39, 0.29) is 18.5 Å². The van der Waals surface area contributed by atoms with Gasteiger partial charge in [0.15, 0.2) is 0 Å². The van der Waals surface area contributed by atoms with Gasteiger partial charge in [0.05, 0.1) is 5.57 Å². The van der Waals surface area contributed by atoms with Gasteiger partial charge in [0.2, 0.25) is 11.1 Å². The monoisotopic (exact) mass is 652 g/mol. The summed E-state index contributed by atoms with van der Waals surface area (Å²) in [5.74, 6) is 0.698. The van der Waals surface area contributed by atoms with E-state index in [0.717, 1.165) is 37.7 Å². The van der Waals surface area contributed by atoms with Crippen molar-refractivity contribution in [2.45, 2.75) is 68.7 Å². The van der Waals surface area contributed by atoms with Crippen LogP contribution in [-0.4, -0.2) is 26.8 Å². The Morgan fingerprint density at radius 2 is 1.82 bits per heavy atom. The molecule has 3 aromatic carbocycles. The molecule has 1 aliphatic carbocycles. The molecular weight excluding hydrogens is 622 g/mol. The average molecular weight is 654 g/mol. The Morgan fingerprint density at radius 1 is 1.05 bits per heavy atom. The lowest BCUT2D eigenvalue weighted by Crippen LogP contribution is -2.32. The second-order valence-electron chi connectivity index (χ2n) is 10.8. The molecule has 228 valence electrons. The molecule has 0 saturated heterocycles. The molecule has 7 nitrogen and oxygen atoms in total. The van der Waals surface area contributed by atoms with Crippen LogP contribution >= 0.6 is 35.0 Å². The predicted molar refractivity (Wildman–Crippen MR) is 171 cm³/mol. The smallest absolute Gasteiger partial charge is 0.338 e. The molecule has 1 unspecified atom stereocenters. The van der Waals surface area contributed by atoms with E-state index < -0.39 is 12.0 Å². The Labute approximate surface area is 269 Å². The highest BCUT2D eigenvalue weighted by atomic mass is 35.5. The number of para-hydroxylation sites is 1. The SMILES string of the molecule is CC1=C(C(=O)OC2CCCCC2)C(c2ccccc2OCc2ccc(Cl)cc2Cl)n2nc(SCc3ccccc3F)nc2N1. The maximum atomic E-state index is 14.3. The summed E-state index contributed by atoms with van der Waals surface area (Å²) in [5.41, 5.74) is 3.09. The maximum Gasteiger partial charge on any atom is 0.338 e. The molecule has 1 N–H and O–H groups in total. The summed E-state index contributed by atoms with van der Waals surface area (Å²) in [4.78, 5) is 18.6. The largest absolute Gasteiger partial charge is 0.488 e. The van der Waals surface area contributed by atoms with Gasteiger partial charge < -0.3 is 14.8 Å². The van der Waals surface area contributed by atoms with Crippen LogP contribution in [0.1, 0.15) is 61.8 Å². The Bertz CT molecular complexity index is 1710. The van der Waals surface area contributed by atoms with Crippen LogP contribution in [0.5, 0.6) is 5.75 Å². The van der Waals surface area contributed by atoms with Crippen molar-refractivity contribution in [3.8, 4) is 5.75 Å². The summed E-state index contributed by atoms with van der Waals surface area (Å²) in [6.45, 7) is 2.03. The predicted octanol–water partition coefficient (Wildman–Crippen LogP) is 8.76. The minimum absolute atomic E-state index is 0.125.